The van der Waals surface area contributed by atoms with Crippen molar-refractivity contribution in [2.24, 2.45) is 5.92 Å². The Morgan fingerprint density at radius 1 is 1.45 bits per heavy atom. The summed E-state index contributed by atoms with van der Waals surface area (Å²) in [6.07, 6.45) is 0.756. The molecule has 1 amide bonds. The minimum atomic E-state index is -0.261. The van der Waals surface area contributed by atoms with E-state index in [-0.39, 0.29) is 18.3 Å². The molecule has 0 N–H and O–H groups in total. The number of anilines is 1. The maximum atomic E-state index is 12.1. The predicted octanol–water partition coefficient (Wildman–Crippen LogP) is 2.54. The number of ether oxygens (including phenoxy) is 1. The number of esters is 1. The molecule has 0 spiro atoms. The topological polar surface area (TPSA) is 46.6 Å². The van der Waals surface area contributed by atoms with Crippen molar-refractivity contribution in [2.45, 2.75) is 19.8 Å². The molecule has 1 atom stereocenters. The van der Waals surface area contributed by atoms with Crippen LogP contribution in [-0.2, 0) is 20.7 Å². The summed E-state index contributed by atoms with van der Waals surface area (Å²) in [6.45, 7) is 2.85. The predicted molar refractivity (Wildman–Crippen MR) is 81.0 cm³/mol. The molecule has 1 saturated heterocycles. The molecular weight excluding hydrogens is 322 g/mol. The molecule has 1 aromatic rings. The minimum Gasteiger partial charge on any atom is -0.466 e. The Morgan fingerprint density at radius 3 is 2.85 bits per heavy atom. The van der Waals surface area contributed by atoms with Gasteiger partial charge in [-0.3, -0.25) is 9.59 Å². The molecule has 4 nitrogen and oxygen atoms in total. The Kier molecular flexibility index (Phi) is 5.17. The van der Waals surface area contributed by atoms with Gasteiger partial charge in [0, 0.05) is 24.0 Å². The Hall–Kier alpha value is -1.36. The Bertz CT molecular complexity index is 504. The highest BCUT2D eigenvalue weighted by molar-refractivity contribution is 9.09. The molecule has 1 aromatic carbocycles. The van der Waals surface area contributed by atoms with Crippen LogP contribution in [0.1, 0.15) is 18.9 Å². The third-order valence-electron chi connectivity index (χ3n) is 3.35. The van der Waals surface area contributed by atoms with Gasteiger partial charge in [0.2, 0.25) is 5.91 Å². The van der Waals surface area contributed by atoms with E-state index >= 15 is 0 Å². The molecule has 1 heterocycles. The van der Waals surface area contributed by atoms with E-state index in [4.69, 9.17) is 4.74 Å². The van der Waals surface area contributed by atoms with Gasteiger partial charge in [-0.05, 0) is 24.5 Å². The molecule has 0 bridgehead atoms. The molecule has 0 aromatic heterocycles. The van der Waals surface area contributed by atoms with Crippen LogP contribution in [0.3, 0.4) is 0 Å². The molecule has 0 radical (unpaired) electrons. The van der Waals surface area contributed by atoms with E-state index in [2.05, 4.69) is 15.9 Å². The summed E-state index contributed by atoms with van der Waals surface area (Å²) >= 11 is 3.43. The normalized spacial score (nSPS) is 18.4. The van der Waals surface area contributed by atoms with Crippen molar-refractivity contribution in [3.63, 3.8) is 0 Å². The second kappa shape index (κ2) is 6.88. The Balaban J connectivity index is 2.19. The number of halogens is 1. The maximum absolute atomic E-state index is 12.1. The number of amides is 1. The van der Waals surface area contributed by atoms with E-state index < -0.39 is 0 Å². The van der Waals surface area contributed by atoms with Crippen LogP contribution in [0.5, 0.6) is 0 Å². The largest absolute Gasteiger partial charge is 0.466 e. The summed E-state index contributed by atoms with van der Waals surface area (Å²) < 4.78 is 4.98. The Morgan fingerprint density at radius 2 is 2.20 bits per heavy atom. The van der Waals surface area contributed by atoms with Crippen LogP contribution in [0.4, 0.5) is 5.69 Å². The first-order valence-electron chi connectivity index (χ1n) is 6.75. The number of carbonyl (C=O) groups is 2. The van der Waals surface area contributed by atoms with Crippen molar-refractivity contribution < 1.29 is 14.3 Å². The highest BCUT2D eigenvalue weighted by Gasteiger charge is 2.31. The summed E-state index contributed by atoms with van der Waals surface area (Å²) in [4.78, 5) is 25.5. The van der Waals surface area contributed by atoms with Crippen molar-refractivity contribution >= 4 is 33.5 Å². The smallest absolute Gasteiger partial charge is 0.310 e. The van der Waals surface area contributed by atoms with Gasteiger partial charge < -0.3 is 9.64 Å². The quantitative estimate of drug-likeness (QED) is 0.611. The van der Waals surface area contributed by atoms with E-state index in [1.165, 1.54) is 0 Å². The van der Waals surface area contributed by atoms with Crippen LogP contribution in [0.2, 0.25) is 0 Å². The fraction of sp³-hybridized carbons (Fsp3) is 0.467. The summed E-state index contributed by atoms with van der Waals surface area (Å²) in [6, 6.07) is 7.53. The van der Waals surface area contributed by atoms with E-state index in [0.29, 0.717) is 25.5 Å². The molecule has 5 heteroatoms. The number of carbonyl (C=O) groups excluding carboxylic acids is 2. The van der Waals surface area contributed by atoms with Crippen molar-refractivity contribution in [3.8, 4) is 0 Å². The highest BCUT2D eigenvalue weighted by Crippen LogP contribution is 2.29. The molecule has 1 aliphatic rings. The zero-order chi connectivity index (χ0) is 14.5. The molecule has 1 unspecified atom stereocenters. The number of hydrogen-bond donors (Lipinski definition) is 0. The zero-order valence-corrected chi connectivity index (χ0v) is 13.1. The van der Waals surface area contributed by atoms with Crippen LogP contribution in [-0.4, -0.2) is 30.4 Å². The molecule has 108 valence electrons. The second-order valence-electron chi connectivity index (χ2n) is 4.84. The minimum absolute atomic E-state index is 0.116. The van der Waals surface area contributed by atoms with Gasteiger partial charge in [0.1, 0.15) is 0 Å². The first kappa shape index (κ1) is 15.0. The van der Waals surface area contributed by atoms with Crippen LogP contribution >= 0.6 is 15.9 Å². The summed E-state index contributed by atoms with van der Waals surface area (Å²) in [5.74, 6) is 0.188. The number of para-hydroxylation sites is 1. The monoisotopic (exact) mass is 339 g/mol. The van der Waals surface area contributed by atoms with Crippen LogP contribution in [0.15, 0.2) is 24.3 Å². The van der Waals surface area contributed by atoms with E-state index in [0.717, 1.165) is 16.6 Å². The number of rotatable bonds is 5. The lowest BCUT2D eigenvalue weighted by molar-refractivity contribution is -0.142. The molecule has 2 rings (SSSR count). The molecule has 0 saturated carbocycles. The second-order valence-corrected chi connectivity index (χ2v) is 5.49. The van der Waals surface area contributed by atoms with Crippen molar-refractivity contribution in [3.05, 3.63) is 29.8 Å². The lowest BCUT2D eigenvalue weighted by atomic mass is 10.1. The summed E-state index contributed by atoms with van der Waals surface area (Å²) in [5.41, 5.74) is 1.67. The van der Waals surface area contributed by atoms with Gasteiger partial charge in [0.15, 0.2) is 0 Å². The highest BCUT2D eigenvalue weighted by atomic mass is 79.9. The van der Waals surface area contributed by atoms with Crippen LogP contribution in [0, 0.1) is 5.92 Å². The van der Waals surface area contributed by atoms with Crippen molar-refractivity contribution in [2.75, 3.05) is 23.4 Å². The third-order valence-corrected chi connectivity index (χ3v) is 4.26. The molecular formula is C15H18BrNO3. The zero-order valence-electron chi connectivity index (χ0n) is 11.5. The number of benzene rings is 1. The van der Waals surface area contributed by atoms with Crippen LogP contribution in [0.25, 0.3) is 0 Å². The lowest BCUT2D eigenvalue weighted by Gasteiger charge is -2.20. The molecule has 0 aliphatic carbocycles. The first-order valence-corrected chi connectivity index (χ1v) is 7.87. The summed E-state index contributed by atoms with van der Waals surface area (Å²) in [5, 5.41) is 0.815. The molecule has 1 fully saturated rings. The van der Waals surface area contributed by atoms with Gasteiger partial charge in [-0.1, -0.05) is 34.1 Å². The van der Waals surface area contributed by atoms with E-state index in [9.17, 15) is 9.59 Å². The lowest BCUT2D eigenvalue weighted by Crippen LogP contribution is -2.26. The maximum Gasteiger partial charge on any atom is 0.310 e. The average Bonchev–Trinajstić information content (AvgIpc) is 2.81. The molecule has 20 heavy (non-hydrogen) atoms. The van der Waals surface area contributed by atoms with Gasteiger partial charge in [0.05, 0.1) is 13.0 Å². The van der Waals surface area contributed by atoms with Crippen molar-refractivity contribution in [1.82, 2.24) is 0 Å². The van der Waals surface area contributed by atoms with Gasteiger partial charge in [0.25, 0.3) is 0 Å². The molecule has 1 aliphatic heterocycles. The van der Waals surface area contributed by atoms with Crippen LogP contribution < -0.4 is 4.90 Å². The third kappa shape index (κ3) is 3.39. The Labute approximate surface area is 127 Å². The first-order chi connectivity index (χ1) is 9.65. The van der Waals surface area contributed by atoms with Gasteiger partial charge in [-0.15, -0.1) is 0 Å². The van der Waals surface area contributed by atoms with E-state index in [1.807, 2.05) is 24.3 Å². The standard InChI is InChI=1S/C15H18BrNO3/c1-2-20-15(19)8-12-5-3-4-6-13(12)17-10-11(9-16)7-14(17)18/h3-6,11H,2,7-10H2,1H3. The van der Waals surface area contributed by atoms with E-state index in [1.54, 1.807) is 11.8 Å². The van der Waals surface area contributed by atoms with Crippen molar-refractivity contribution in [1.29, 1.82) is 0 Å². The van der Waals surface area contributed by atoms with Gasteiger partial charge in [-0.25, -0.2) is 0 Å². The number of alkyl halides is 1. The summed E-state index contributed by atoms with van der Waals surface area (Å²) in [7, 11) is 0. The SMILES string of the molecule is CCOC(=O)Cc1ccccc1N1CC(CBr)CC1=O. The average molecular weight is 340 g/mol. The number of nitrogens with zero attached hydrogens (tertiary/aromatic N) is 1. The fourth-order valence-electron chi connectivity index (χ4n) is 2.41. The number of hydrogen-bond acceptors (Lipinski definition) is 3. The van der Waals surface area contributed by atoms with Gasteiger partial charge in [-0.2, -0.15) is 0 Å². The fourth-order valence-corrected chi connectivity index (χ4v) is 2.84. The van der Waals surface area contributed by atoms with Gasteiger partial charge >= 0.3 is 5.97 Å².